The second-order valence-electron chi connectivity index (χ2n) is 6.85. The predicted molar refractivity (Wildman–Crippen MR) is 117 cm³/mol. The number of aromatic nitrogens is 5. The lowest BCUT2D eigenvalue weighted by Gasteiger charge is -2.06. The molecule has 4 rings (SSSR count). The number of hydrogen-bond acceptors (Lipinski definition) is 10. The number of nitrogens with one attached hydrogen (secondary N) is 1. The summed E-state index contributed by atoms with van der Waals surface area (Å²) >= 11 is 0. The van der Waals surface area contributed by atoms with Gasteiger partial charge < -0.3 is 10.5 Å². The maximum Gasteiger partial charge on any atom is 0.337 e. The first-order valence-electron chi connectivity index (χ1n) is 9.61. The van der Waals surface area contributed by atoms with Gasteiger partial charge in [0.1, 0.15) is 5.69 Å². The van der Waals surface area contributed by atoms with Crippen LogP contribution in [0.15, 0.2) is 58.3 Å². The number of nitrogens with two attached hydrogens (primary N) is 1. The smallest absolute Gasteiger partial charge is 0.337 e. The third-order valence-electron chi connectivity index (χ3n) is 4.62. The molecule has 0 saturated heterocycles. The van der Waals surface area contributed by atoms with E-state index in [1.807, 2.05) is 31.2 Å². The molecule has 0 spiro atoms. The fourth-order valence-corrected chi connectivity index (χ4v) is 2.93. The summed E-state index contributed by atoms with van der Waals surface area (Å²) < 4.78 is 10.6. The van der Waals surface area contributed by atoms with E-state index in [9.17, 15) is 9.59 Å². The molecular formula is C21H18N8O4. The van der Waals surface area contributed by atoms with Crippen LogP contribution in [0.3, 0.4) is 0 Å². The standard InChI is InChI=1S/C21H18N8O4/c1-12-3-7-14(8-4-12)17-16(24-28-29(17)19-18(22)26-33-27-19)20(30)25-23-11-13-5-9-15(10-6-13)21(31)32-2/h3-11H,1-2H3,(H2,22,26)(H,25,30). The number of carbonyl (C=O) groups is 2. The molecule has 4 aromatic rings. The average molecular weight is 446 g/mol. The highest BCUT2D eigenvalue weighted by molar-refractivity contribution is 5.99. The van der Waals surface area contributed by atoms with Crippen LogP contribution in [0.4, 0.5) is 5.82 Å². The maximum atomic E-state index is 12.9. The number of nitrogen functional groups attached to an aromatic ring is 1. The Hall–Kier alpha value is -4.87. The van der Waals surface area contributed by atoms with Gasteiger partial charge in [0.25, 0.3) is 5.91 Å². The molecule has 0 aliphatic carbocycles. The van der Waals surface area contributed by atoms with Gasteiger partial charge >= 0.3 is 5.97 Å². The van der Waals surface area contributed by atoms with E-state index < -0.39 is 11.9 Å². The number of hydrogen-bond donors (Lipinski definition) is 2. The van der Waals surface area contributed by atoms with Gasteiger partial charge in [0.2, 0.25) is 11.6 Å². The van der Waals surface area contributed by atoms with E-state index in [4.69, 9.17) is 5.73 Å². The minimum absolute atomic E-state index is 0.000516. The third-order valence-corrected chi connectivity index (χ3v) is 4.62. The quantitative estimate of drug-likeness (QED) is 0.255. The van der Waals surface area contributed by atoms with Crippen LogP contribution in [-0.4, -0.2) is 50.5 Å². The monoisotopic (exact) mass is 446 g/mol. The van der Waals surface area contributed by atoms with Gasteiger partial charge in [-0.1, -0.05) is 47.2 Å². The summed E-state index contributed by atoms with van der Waals surface area (Å²) in [6.07, 6.45) is 1.43. The highest BCUT2D eigenvalue weighted by Gasteiger charge is 2.25. The number of rotatable bonds is 6. The zero-order chi connectivity index (χ0) is 23.4. The van der Waals surface area contributed by atoms with Crippen LogP contribution >= 0.6 is 0 Å². The molecule has 0 saturated carbocycles. The van der Waals surface area contributed by atoms with Gasteiger partial charge in [-0.05, 0) is 34.9 Å². The topological polar surface area (TPSA) is 163 Å². The summed E-state index contributed by atoms with van der Waals surface area (Å²) in [6, 6.07) is 13.9. The second kappa shape index (κ2) is 9.09. The average Bonchev–Trinajstić information content (AvgIpc) is 3.45. The molecule has 33 heavy (non-hydrogen) atoms. The molecule has 0 aliphatic rings. The molecule has 0 radical (unpaired) electrons. The van der Waals surface area contributed by atoms with E-state index in [1.165, 1.54) is 18.0 Å². The predicted octanol–water partition coefficient (Wildman–Crippen LogP) is 1.76. The van der Waals surface area contributed by atoms with Crippen LogP contribution in [0.5, 0.6) is 0 Å². The summed E-state index contributed by atoms with van der Waals surface area (Å²) in [7, 11) is 1.31. The molecule has 1 amide bonds. The lowest BCUT2D eigenvalue weighted by atomic mass is 10.1. The van der Waals surface area contributed by atoms with Gasteiger partial charge in [-0.2, -0.15) is 9.78 Å². The molecule has 12 nitrogen and oxygen atoms in total. The van der Waals surface area contributed by atoms with Crippen LogP contribution in [0.25, 0.3) is 17.1 Å². The first kappa shape index (κ1) is 21.4. The molecule has 0 unspecified atom stereocenters. The molecule has 0 aliphatic heterocycles. The highest BCUT2D eigenvalue weighted by Crippen LogP contribution is 2.26. The molecular weight excluding hydrogens is 428 g/mol. The second-order valence-corrected chi connectivity index (χ2v) is 6.85. The Morgan fingerprint density at radius 3 is 2.48 bits per heavy atom. The summed E-state index contributed by atoms with van der Waals surface area (Å²) in [6.45, 7) is 1.94. The van der Waals surface area contributed by atoms with E-state index >= 15 is 0 Å². The van der Waals surface area contributed by atoms with Crippen molar-refractivity contribution in [3.63, 3.8) is 0 Å². The van der Waals surface area contributed by atoms with Crippen molar-refractivity contribution in [2.45, 2.75) is 6.92 Å². The number of hydrazone groups is 1. The lowest BCUT2D eigenvalue weighted by Crippen LogP contribution is -2.19. The maximum absolute atomic E-state index is 12.9. The van der Waals surface area contributed by atoms with Gasteiger partial charge in [-0.25, -0.2) is 14.8 Å². The fraction of sp³-hybridized carbons (Fsp3) is 0.0952. The molecule has 2 aromatic carbocycles. The zero-order valence-electron chi connectivity index (χ0n) is 17.6. The van der Waals surface area contributed by atoms with Crippen LogP contribution in [0, 0.1) is 6.92 Å². The summed E-state index contributed by atoms with van der Waals surface area (Å²) in [5, 5.41) is 19.3. The molecule has 0 bridgehead atoms. The third kappa shape index (κ3) is 4.44. The Kier molecular flexibility index (Phi) is 5.89. The number of benzene rings is 2. The van der Waals surface area contributed by atoms with Gasteiger partial charge in [-0.15, -0.1) is 5.10 Å². The van der Waals surface area contributed by atoms with Crippen LogP contribution < -0.4 is 11.2 Å². The SMILES string of the molecule is COC(=O)c1ccc(C=NNC(=O)c2nnn(-c3nonc3N)c2-c2ccc(C)cc2)cc1. The van der Waals surface area contributed by atoms with Crippen molar-refractivity contribution < 1.29 is 19.0 Å². The van der Waals surface area contributed by atoms with Gasteiger partial charge in [-0.3, -0.25) is 4.79 Å². The van der Waals surface area contributed by atoms with E-state index in [-0.39, 0.29) is 17.3 Å². The molecule has 3 N–H and O–H groups in total. The van der Waals surface area contributed by atoms with Crippen molar-refractivity contribution in [3.8, 4) is 17.1 Å². The van der Waals surface area contributed by atoms with Crippen molar-refractivity contribution >= 4 is 23.9 Å². The van der Waals surface area contributed by atoms with Crippen LogP contribution in [0.2, 0.25) is 0 Å². The van der Waals surface area contributed by atoms with E-state index in [0.29, 0.717) is 22.4 Å². The Morgan fingerprint density at radius 2 is 1.85 bits per heavy atom. The summed E-state index contributed by atoms with van der Waals surface area (Å²) in [5.74, 6) is -0.948. The van der Waals surface area contributed by atoms with E-state index in [1.54, 1.807) is 24.3 Å². The summed E-state index contributed by atoms with van der Waals surface area (Å²) in [4.78, 5) is 24.4. The number of aryl methyl sites for hydroxylation is 1. The van der Waals surface area contributed by atoms with Crippen LogP contribution in [-0.2, 0) is 4.74 Å². The largest absolute Gasteiger partial charge is 0.465 e. The molecule has 0 atom stereocenters. The van der Waals surface area contributed by atoms with Crippen molar-refractivity contribution in [2.75, 3.05) is 12.8 Å². The number of anilines is 1. The number of nitrogens with zero attached hydrogens (tertiary/aromatic N) is 6. The van der Waals surface area contributed by atoms with Gasteiger partial charge in [0, 0.05) is 5.56 Å². The lowest BCUT2D eigenvalue weighted by molar-refractivity contribution is 0.0600. The number of methoxy groups -OCH3 is 1. The van der Waals surface area contributed by atoms with Crippen molar-refractivity contribution in [1.82, 2.24) is 30.7 Å². The minimum atomic E-state index is -0.603. The Bertz CT molecular complexity index is 1320. The van der Waals surface area contributed by atoms with Crippen molar-refractivity contribution in [1.29, 1.82) is 0 Å². The molecule has 166 valence electrons. The normalized spacial score (nSPS) is 11.0. The molecule has 12 heteroatoms. The number of esters is 1. The van der Waals surface area contributed by atoms with Gasteiger partial charge in [0.05, 0.1) is 18.9 Å². The Morgan fingerprint density at radius 1 is 1.12 bits per heavy atom. The Labute approximate surface area is 187 Å². The highest BCUT2D eigenvalue weighted by atomic mass is 16.6. The van der Waals surface area contributed by atoms with Crippen molar-refractivity contribution in [3.05, 3.63) is 70.9 Å². The first-order valence-corrected chi connectivity index (χ1v) is 9.61. The van der Waals surface area contributed by atoms with Crippen LogP contribution in [0.1, 0.15) is 32.0 Å². The molecule has 0 fully saturated rings. The van der Waals surface area contributed by atoms with E-state index in [2.05, 4.69) is 40.5 Å². The molecule has 2 aromatic heterocycles. The number of carbonyl (C=O) groups excluding carboxylic acids is 2. The minimum Gasteiger partial charge on any atom is -0.465 e. The first-order chi connectivity index (χ1) is 16.0. The molecule has 2 heterocycles. The Balaban J connectivity index is 1.60. The number of amides is 1. The number of ether oxygens (including phenoxy) is 1. The van der Waals surface area contributed by atoms with Crippen molar-refractivity contribution in [2.24, 2.45) is 5.10 Å². The summed E-state index contributed by atoms with van der Waals surface area (Å²) in [5.41, 5.74) is 11.3. The van der Waals surface area contributed by atoms with E-state index in [0.717, 1.165) is 5.56 Å². The fourth-order valence-electron chi connectivity index (χ4n) is 2.93. The zero-order valence-corrected chi connectivity index (χ0v) is 17.6. The van der Waals surface area contributed by atoms with Gasteiger partial charge in [0.15, 0.2) is 5.69 Å².